The fourth-order valence-electron chi connectivity index (χ4n) is 10.1. The molecule has 16 heteroatoms. The average molecular weight is 1150 g/mol. The highest BCUT2D eigenvalue weighted by atomic mass is 35.5. The number of benzene rings is 6. The maximum absolute atomic E-state index is 13.8. The molecule has 4 amide bonds. The Morgan fingerprint density at radius 2 is 0.962 bits per heavy atom. The number of carbonyl (C=O) groups is 4. The minimum Gasteiger partial charge on any atom is -0.385 e. The Bertz CT molecular complexity index is 2850. The predicted octanol–water partition coefficient (Wildman–Crippen LogP) is 11.6. The maximum atomic E-state index is 13.8. The van der Waals surface area contributed by atoms with Crippen LogP contribution in [0.3, 0.4) is 0 Å². The lowest BCUT2D eigenvalue weighted by atomic mass is 9.95. The van der Waals surface area contributed by atoms with E-state index in [2.05, 4.69) is 106 Å². The van der Waals surface area contributed by atoms with Crippen LogP contribution >= 0.6 is 46.4 Å². The number of para-hydroxylation sites is 1. The largest absolute Gasteiger partial charge is 0.385 e. The maximum Gasteiger partial charge on any atom is 0.251 e. The molecule has 0 aromatic heterocycles. The first kappa shape index (κ1) is 60.7. The zero-order chi connectivity index (χ0) is 55.9. The summed E-state index contributed by atoms with van der Waals surface area (Å²) >= 11 is 24.2. The van der Waals surface area contributed by atoms with Crippen molar-refractivity contribution in [3.8, 4) is 0 Å². The minimum atomic E-state index is -0.358. The summed E-state index contributed by atoms with van der Waals surface area (Å²) in [7, 11) is 0. The van der Waals surface area contributed by atoms with E-state index in [0.29, 0.717) is 96.4 Å². The molecule has 12 nitrogen and oxygen atoms in total. The Hall–Kier alpha value is -5.96. The molecular formula is C63H74Cl4N8O4. The Morgan fingerprint density at radius 1 is 0.544 bits per heavy atom. The predicted molar refractivity (Wildman–Crippen MR) is 323 cm³/mol. The van der Waals surface area contributed by atoms with Crippen molar-refractivity contribution in [1.82, 2.24) is 36.4 Å². The molecule has 0 aliphatic carbocycles. The van der Waals surface area contributed by atoms with Gasteiger partial charge < -0.3 is 41.7 Å². The lowest BCUT2D eigenvalue weighted by molar-refractivity contribution is -0.133. The summed E-state index contributed by atoms with van der Waals surface area (Å²) in [5.74, 6) is 0.327. The third kappa shape index (κ3) is 18.8. The van der Waals surface area contributed by atoms with Crippen molar-refractivity contribution in [2.45, 2.75) is 94.9 Å². The van der Waals surface area contributed by atoms with Crippen LogP contribution < -0.4 is 31.9 Å². The van der Waals surface area contributed by atoms with Gasteiger partial charge in [-0.15, -0.1) is 0 Å². The summed E-state index contributed by atoms with van der Waals surface area (Å²) < 4.78 is 0. The van der Waals surface area contributed by atoms with E-state index in [9.17, 15) is 19.2 Å². The second-order valence-electron chi connectivity index (χ2n) is 20.2. The van der Waals surface area contributed by atoms with Gasteiger partial charge in [-0.25, -0.2) is 0 Å². The fraction of sp³-hybridized carbons (Fsp3) is 0.365. The van der Waals surface area contributed by atoms with Gasteiger partial charge in [0.2, 0.25) is 11.8 Å². The minimum absolute atomic E-state index is 0.0448. The van der Waals surface area contributed by atoms with E-state index in [4.69, 9.17) is 46.4 Å². The molecule has 79 heavy (non-hydrogen) atoms. The van der Waals surface area contributed by atoms with Crippen LogP contribution in [0.4, 0.5) is 5.69 Å². The average Bonchev–Trinajstić information content (AvgIpc) is 3.73. The van der Waals surface area contributed by atoms with Gasteiger partial charge >= 0.3 is 0 Å². The van der Waals surface area contributed by atoms with Gasteiger partial charge in [-0.05, 0) is 110 Å². The summed E-state index contributed by atoms with van der Waals surface area (Å²) in [5, 5.41) is 21.5. The quantitative estimate of drug-likeness (QED) is 0.0348. The lowest BCUT2D eigenvalue weighted by Gasteiger charge is -2.28. The van der Waals surface area contributed by atoms with Crippen LogP contribution in [-0.2, 0) is 16.1 Å². The molecule has 2 heterocycles. The normalized spacial score (nSPS) is 18.3. The van der Waals surface area contributed by atoms with Crippen molar-refractivity contribution in [2.24, 2.45) is 0 Å². The molecule has 2 saturated heterocycles. The molecule has 6 aromatic carbocycles. The molecule has 2 aliphatic rings. The van der Waals surface area contributed by atoms with Gasteiger partial charge in [-0.3, -0.25) is 19.2 Å². The summed E-state index contributed by atoms with van der Waals surface area (Å²) in [6.45, 7) is 9.86. The van der Waals surface area contributed by atoms with Gasteiger partial charge in [0.05, 0.1) is 32.2 Å². The van der Waals surface area contributed by atoms with Crippen LogP contribution in [0.15, 0.2) is 158 Å². The zero-order valence-electron chi connectivity index (χ0n) is 45.1. The van der Waals surface area contributed by atoms with Crippen LogP contribution in [0.25, 0.3) is 0 Å². The van der Waals surface area contributed by atoms with E-state index in [1.807, 2.05) is 70.5 Å². The number of amides is 4. The first-order valence-corrected chi connectivity index (χ1v) is 29.1. The first-order chi connectivity index (χ1) is 38.4. The van der Waals surface area contributed by atoms with Gasteiger partial charge in [0.25, 0.3) is 11.8 Å². The van der Waals surface area contributed by atoms with Crippen molar-refractivity contribution in [3.63, 3.8) is 0 Å². The van der Waals surface area contributed by atoms with Crippen LogP contribution in [0.5, 0.6) is 0 Å². The molecule has 0 bridgehead atoms. The van der Waals surface area contributed by atoms with Gasteiger partial charge in [0.1, 0.15) is 0 Å². The van der Waals surface area contributed by atoms with E-state index in [1.54, 1.807) is 36.4 Å². The number of anilines is 1. The number of nitrogens with one attached hydrogen (secondary N) is 6. The number of hydrogen-bond donors (Lipinski definition) is 6. The van der Waals surface area contributed by atoms with Gasteiger partial charge in [0.15, 0.2) is 0 Å². The third-order valence-corrected chi connectivity index (χ3v) is 16.2. The highest BCUT2D eigenvalue weighted by Gasteiger charge is 2.34. The Labute approximate surface area is 486 Å². The summed E-state index contributed by atoms with van der Waals surface area (Å²) in [4.78, 5) is 57.2. The molecule has 0 saturated carbocycles. The molecule has 6 aromatic rings. The van der Waals surface area contributed by atoms with Gasteiger partial charge in [0, 0.05) is 93.1 Å². The van der Waals surface area contributed by atoms with Crippen molar-refractivity contribution < 1.29 is 19.2 Å². The van der Waals surface area contributed by atoms with E-state index in [1.165, 1.54) is 16.7 Å². The Kier molecular flexibility index (Phi) is 24.4. The van der Waals surface area contributed by atoms with E-state index in [0.717, 1.165) is 37.9 Å². The third-order valence-electron chi connectivity index (χ3n) is 14.7. The van der Waals surface area contributed by atoms with Crippen molar-refractivity contribution >= 4 is 75.7 Å². The standard InChI is InChI=1S/C32H38Cl2N4O2.C31H36Cl2N4O2/c1-2-24(25-11-7-4-8-12-25)22-38-18-16-27(21-36-31(39)26-13-14-28(33)29(34)19-26)37-30(32(38)40)15-17-35-20-23-9-5-3-6-10-23;1-2-22(23-9-5-3-6-10-23)21-37-18-16-26(20-35-30(38)24-13-14-27(32)28(33)19-24)36-29(31(37)39)15-17-34-25-11-7-4-8-12-25/h3-14,19,24,27,30,35,37H,2,15-18,20-22H2,1H3,(H,36,39);3-14,19,22,26,29,34,36H,2,15-18,20-21H2,1H3,(H,35,38)/t24?,27-,30-;22?,26-,29-/m00/s1. The van der Waals surface area contributed by atoms with Crippen LogP contribution in [0, 0.1) is 0 Å². The molecule has 418 valence electrons. The van der Waals surface area contributed by atoms with E-state index in [-0.39, 0.29) is 59.6 Å². The summed E-state index contributed by atoms with van der Waals surface area (Å²) in [6.07, 6.45) is 4.66. The molecule has 2 unspecified atom stereocenters. The molecule has 2 aliphatic heterocycles. The van der Waals surface area contributed by atoms with Crippen LogP contribution in [-0.4, -0.2) is 110 Å². The summed E-state index contributed by atoms with van der Waals surface area (Å²) in [6, 6.07) is 49.9. The highest BCUT2D eigenvalue weighted by Crippen LogP contribution is 2.27. The Morgan fingerprint density at radius 3 is 1.39 bits per heavy atom. The number of halogens is 4. The molecule has 0 radical (unpaired) electrons. The van der Waals surface area contributed by atoms with Gasteiger partial charge in [-0.2, -0.15) is 0 Å². The smallest absolute Gasteiger partial charge is 0.251 e. The molecule has 6 N–H and O–H groups in total. The molecule has 6 atom stereocenters. The molecular weight excluding hydrogens is 1070 g/mol. The van der Waals surface area contributed by atoms with Crippen LogP contribution in [0.2, 0.25) is 20.1 Å². The number of carbonyl (C=O) groups excluding carboxylic acids is 4. The molecule has 0 spiro atoms. The number of rotatable bonds is 23. The second kappa shape index (κ2) is 31.7. The second-order valence-corrected chi connectivity index (χ2v) is 21.8. The topological polar surface area (TPSA) is 147 Å². The zero-order valence-corrected chi connectivity index (χ0v) is 48.1. The number of hydrogen-bond acceptors (Lipinski definition) is 8. The van der Waals surface area contributed by atoms with E-state index < -0.39 is 0 Å². The Balaban J connectivity index is 0.000000229. The molecule has 2 fully saturated rings. The fourth-order valence-corrected chi connectivity index (χ4v) is 10.7. The van der Waals surface area contributed by atoms with Crippen molar-refractivity contribution in [1.29, 1.82) is 0 Å². The van der Waals surface area contributed by atoms with Crippen molar-refractivity contribution in [2.75, 3.05) is 57.7 Å². The van der Waals surface area contributed by atoms with Crippen LogP contribution in [0.1, 0.15) is 102 Å². The molecule has 8 rings (SSSR count). The van der Waals surface area contributed by atoms with Crippen molar-refractivity contribution in [3.05, 3.63) is 206 Å². The highest BCUT2D eigenvalue weighted by molar-refractivity contribution is 6.42. The number of nitrogens with zero attached hydrogens (tertiary/aromatic N) is 2. The van der Waals surface area contributed by atoms with Gasteiger partial charge in [-0.1, -0.05) is 169 Å². The lowest BCUT2D eigenvalue weighted by Crippen LogP contribution is -2.50. The first-order valence-electron chi connectivity index (χ1n) is 27.6. The van der Waals surface area contributed by atoms with E-state index >= 15 is 0 Å². The SMILES string of the molecule is CCC(CN1CC[C@@H](CNC(=O)c2ccc(Cl)c(Cl)c2)N[C@@H](CCNCc2ccccc2)C1=O)c1ccccc1.CCC(CN1CC[C@@H](CNC(=O)c2ccc(Cl)c(Cl)c2)N[C@@H](CCNc2ccccc2)C1=O)c1ccccc1. The monoisotopic (exact) mass is 1150 g/mol. The summed E-state index contributed by atoms with van der Waals surface area (Å²) in [5.41, 5.74) is 5.64.